The average molecular weight is 1630 g/mol. The SMILES string of the molecule is C=C/C1=C(Cl)\C=C\[C@@H](O)[C@@H]2NC(=O)[C@H](NC(=O)[C@@H]3NC(=O)[C@H](CC(N)=O)NC(=O)[C@H](NC(=O)[C@@H](CC(C)C)N(C)C(C)(C)C)[C@H](O)c4ccc(c(Cl)c4)Oc4cc3cc(c4OC3OC(CO)C(O)C(O)C3OC3CC(C)(NI)C(O)C(C)O3)O1)c1ccc(O)c(c1)-c1c(O)cc(O)cc1C(C(=O)O)NC2=O. The third-order valence-electron chi connectivity index (χ3n) is 18.7. The number of nitrogens with one attached hydrogen (secondary N) is 7. The number of aliphatic carboxylic acids is 1. The minimum atomic E-state index is -2.37. The van der Waals surface area contributed by atoms with E-state index in [-0.39, 0.29) is 40.7 Å². The van der Waals surface area contributed by atoms with Gasteiger partial charge in [0.1, 0.15) is 89.5 Å². The van der Waals surface area contributed by atoms with E-state index >= 15 is 19.2 Å². The summed E-state index contributed by atoms with van der Waals surface area (Å²) in [5.41, 5.74) is 1.42. The Morgan fingerprint density at radius 2 is 1.47 bits per heavy atom. The van der Waals surface area contributed by atoms with E-state index < -0.39 is 243 Å². The Hall–Kier alpha value is -8.47. The fraction of sp³-hybridized carbons (Fsp3) is 0.457. The predicted molar refractivity (Wildman–Crippen MR) is 383 cm³/mol. The van der Waals surface area contributed by atoms with Crippen LogP contribution < -0.4 is 55.4 Å². The molecule has 10 unspecified atom stereocenters. The molecule has 2 fully saturated rings. The molecule has 4 aromatic rings. The van der Waals surface area contributed by atoms with Crippen molar-refractivity contribution in [1.82, 2.24) is 40.3 Å². The molecule has 7 amide bonds. The molecule has 4 aromatic carbocycles. The van der Waals surface area contributed by atoms with Crippen LogP contribution in [0.2, 0.25) is 5.02 Å². The summed E-state index contributed by atoms with van der Waals surface area (Å²) in [6.45, 7) is 15.3. The van der Waals surface area contributed by atoms with Crippen LogP contribution in [0.3, 0.4) is 0 Å². The van der Waals surface area contributed by atoms with Crippen molar-refractivity contribution < 1.29 is 118 Å². The van der Waals surface area contributed by atoms with E-state index in [2.05, 4.69) is 42.0 Å². The molecule has 0 saturated carbocycles. The van der Waals surface area contributed by atoms with Crippen molar-refractivity contribution in [2.75, 3.05) is 13.7 Å². The summed E-state index contributed by atoms with van der Waals surface area (Å²) in [5.74, 6) is -16.2. The first-order chi connectivity index (χ1) is 49.8. The monoisotopic (exact) mass is 1630 g/mol. The lowest BCUT2D eigenvalue weighted by atomic mass is 9.86. The number of hydrogen-bond donors (Lipinski definition) is 18. The van der Waals surface area contributed by atoms with Gasteiger partial charge in [-0.05, 0) is 125 Å². The summed E-state index contributed by atoms with van der Waals surface area (Å²) >= 11 is 16.0. The summed E-state index contributed by atoms with van der Waals surface area (Å²) in [6.07, 6.45) is -15.5. The number of benzene rings is 4. The Labute approximate surface area is 630 Å². The molecule has 18 atom stereocenters. The normalized spacial score (nSPS) is 30.2. The molecule has 19 N–H and O–H groups in total. The molecule has 2 saturated heterocycles. The van der Waals surface area contributed by atoms with Gasteiger partial charge < -0.3 is 117 Å². The number of nitrogens with zero attached hydrogens (tertiary/aromatic N) is 1. The standard InChI is InChI=1S/C70H84Cl2IN9O24/c1-10-42-35(71)13-15-40(86)53-65(97)78-52(67(99)100)34-22-32(84)23-41(87)49(34)33-18-29(11-14-39(33)85)50(63(95)79-53)77-64(96)51-31-20-44(102-42)58(106-68-59(57(91)56(90)46(26-83)104-68)105-48-25-70(8,81-73)60(92)28(4)101-48)45(21-31)103-43-16-12-30(19-36(43)72)55(89)54(66(98)75-37(24-47(74)88)61(93)76-51)80-62(94)38(17-27(2)3)82(9)69(5,6)7/h10-16,18-23,27-28,37-38,40,46,48,50-57,59-60,68,81,83-87,89-92H,1,17,24-26H2,2-9H3,(H2,74,88)(H,75,98)(H,76,93)(H,77,96)(H,78,97)(H,79,95)(H,80,94)(H,99,100)/b15-13+,42-35-/t28?,37-,38+,40+,46?,48?,50+,51+,52?,53-,54+,55+,56?,57?,59?,60?,68?,70?/m0/s1. The highest BCUT2D eigenvalue weighted by atomic mass is 127. The van der Waals surface area contributed by atoms with Gasteiger partial charge in [-0.2, -0.15) is 0 Å². The minimum Gasteiger partial charge on any atom is -0.508 e. The molecule has 36 heteroatoms. The number of nitrogens with two attached hydrogens (primary N) is 1. The highest BCUT2D eigenvalue weighted by Crippen LogP contribution is 2.49. The number of fused-ring (bicyclic) bond motifs is 17. The topological polar surface area (TPSA) is 508 Å². The molecular weight excluding hydrogens is 1550 g/mol. The summed E-state index contributed by atoms with van der Waals surface area (Å²) in [6, 6.07) is -4.07. The van der Waals surface area contributed by atoms with E-state index in [4.69, 9.17) is 57.4 Å². The number of amides is 7. The van der Waals surface area contributed by atoms with Crippen molar-refractivity contribution in [3.8, 4) is 51.4 Å². The van der Waals surface area contributed by atoms with E-state index in [1.807, 2.05) is 57.5 Å². The Balaban J connectivity index is 1.33. The zero-order chi connectivity index (χ0) is 78.0. The van der Waals surface area contributed by atoms with Crippen LogP contribution >= 0.6 is 46.1 Å². The number of aliphatic hydroxyl groups excluding tert-OH is 6. The maximum absolute atomic E-state index is 16.1. The number of carbonyl (C=O) groups excluding carboxylic acids is 7. The zero-order valence-electron chi connectivity index (χ0n) is 58.3. The lowest BCUT2D eigenvalue weighted by molar-refractivity contribution is -0.333. The lowest BCUT2D eigenvalue weighted by Gasteiger charge is -2.47. The van der Waals surface area contributed by atoms with Gasteiger partial charge in [0.25, 0.3) is 0 Å². The number of primary amides is 1. The third kappa shape index (κ3) is 17.9. The van der Waals surface area contributed by atoms with E-state index in [1.54, 1.807) is 25.8 Å². The van der Waals surface area contributed by atoms with Gasteiger partial charge in [-0.3, -0.25) is 42.0 Å². The fourth-order valence-electron chi connectivity index (χ4n) is 12.7. The van der Waals surface area contributed by atoms with Crippen LogP contribution in [-0.4, -0.2) is 207 Å². The molecule has 33 nitrogen and oxygen atoms in total. The molecule has 0 spiro atoms. The van der Waals surface area contributed by atoms with Gasteiger partial charge in [0.2, 0.25) is 53.4 Å². The number of carbonyl (C=O) groups is 8. The number of aromatic hydroxyl groups is 3. The molecule has 0 aromatic heterocycles. The first-order valence-electron chi connectivity index (χ1n) is 33.3. The molecule has 10 rings (SSSR count). The van der Waals surface area contributed by atoms with Gasteiger partial charge >= 0.3 is 5.97 Å². The number of allylic oxidation sites excluding steroid dienone is 3. The molecule has 0 radical (unpaired) electrons. The van der Waals surface area contributed by atoms with Crippen molar-refractivity contribution >= 4 is 93.4 Å². The van der Waals surface area contributed by atoms with Gasteiger partial charge in [0.15, 0.2) is 29.9 Å². The second kappa shape index (κ2) is 33.3. The van der Waals surface area contributed by atoms with Crippen LogP contribution in [0.5, 0.6) is 40.2 Å². The van der Waals surface area contributed by atoms with Gasteiger partial charge in [-0.25, -0.2) is 4.79 Å². The summed E-state index contributed by atoms with van der Waals surface area (Å²) in [4.78, 5) is 120. The van der Waals surface area contributed by atoms with Gasteiger partial charge in [0, 0.05) is 57.6 Å². The Morgan fingerprint density at radius 1 is 0.821 bits per heavy atom. The molecule has 9 bridgehead atoms. The number of ether oxygens (including phenoxy) is 6. The number of likely N-dealkylation sites (N-methyl/N-ethyl adjacent to an activating group) is 1. The molecule has 6 aliphatic rings. The number of carboxylic acids is 1. The van der Waals surface area contributed by atoms with Gasteiger partial charge in [-0.15, -0.1) is 0 Å². The van der Waals surface area contributed by atoms with E-state index in [9.17, 15) is 70.2 Å². The number of hydrogen-bond acceptors (Lipinski definition) is 25. The maximum Gasteiger partial charge on any atom is 0.330 e. The highest BCUT2D eigenvalue weighted by molar-refractivity contribution is 14.1. The largest absolute Gasteiger partial charge is 0.508 e. The lowest BCUT2D eigenvalue weighted by Crippen LogP contribution is -2.64. The van der Waals surface area contributed by atoms with E-state index in [0.29, 0.717) is 0 Å². The van der Waals surface area contributed by atoms with Crippen molar-refractivity contribution in [2.24, 2.45) is 11.7 Å². The molecule has 106 heavy (non-hydrogen) atoms. The van der Waals surface area contributed by atoms with Gasteiger partial charge in [-0.1, -0.05) is 61.8 Å². The number of carboxylic acid groups (broad SMARTS) is 1. The van der Waals surface area contributed by atoms with Crippen LogP contribution in [0.25, 0.3) is 11.1 Å². The second-order valence-electron chi connectivity index (χ2n) is 27.8. The third-order valence-corrected chi connectivity index (χ3v) is 20.5. The molecule has 6 heterocycles. The zero-order valence-corrected chi connectivity index (χ0v) is 61.9. The van der Waals surface area contributed by atoms with Crippen molar-refractivity contribution in [3.63, 3.8) is 0 Å². The quantitative estimate of drug-likeness (QED) is 0.0598. The number of phenolic OH excluding ortho intramolecular Hbond substituents is 3. The molecule has 6 aliphatic heterocycles. The summed E-state index contributed by atoms with van der Waals surface area (Å²) in [7, 11) is 1.68. The summed E-state index contributed by atoms with van der Waals surface area (Å²) < 4.78 is 41.6. The second-order valence-corrected chi connectivity index (χ2v) is 29.2. The van der Waals surface area contributed by atoms with Crippen molar-refractivity contribution in [2.45, 2.75) is 183 Å². The highest BCUT2D eigenvalue weighted by Gasteiger charge is 2.52. The van der Waals surface area contributed by atoms with Crippen molar-refractivity contribution in [3.05, 3.63) is 124 Å². The Morgan fingerprint density at radius 3 is 2.09 bits per heavy atom. The van der Waals surface area contributed by atoms with Crippen molar-refractivity contribution in [1.29, 1.82) is 0 Å². The molecular formula is C70H84Cl2IN9O24. The number of rotatable bonds is 15. The smallest absolute Gasteiger partial charge is 0.330 e. The van der Waals surface area contributed by atoms with Crippen LogP contribution in [0, 0.1) is 5.92 Å². The van der Waals surface area contributed by atoms with Crippen LogP contribution in [-0.2, 0) is 52.6 Å². The van der Waals surface area contributed by atoms with E-state index in [0.717, 1.165) is 66.8 Å². The minimum absolute atomic E-state index is 0.120. The predicted octanol–water partition coefficient (Wildman–Crippen LogP) is 2.05. The van der Waals surface area contributed by atoms with Crippen LogP contribution in [0.4, 0.5) is 0 Å². The Kier molecular flexibility index (Phi) is 25.7. The maximum atomic E-state index is 16.1. The van der Waals surface area contributed by atoms with Crippen LogP contribution in [0.1, 0.15) is 114 Å². The molecule has 0 aliphatic carbocycles. The Bertz CT molecular complexity index is 4140. The first kappa shape index (κ1) is 81.6. The first-order valence-corrected chi connectivity index (χ1v) is 35.1. The number of aliphatic hydroxyl groups is 6. The molecule has 574 valence electrons. The average Bonchev–Trinajstić information content (AvgIpc) is 0.768. The summed E-state index contributed by atoms with van der Waals surface area (Å²) in [5, 5.41) is 128. The fourth-order valence-corrected chi connectivity index (χ4v) is 13.6. The van der Waals surface area contributed by atoms with Gasteiger partial charge in [0.05, 0.1) is 46.9 Å². The number of halogens is 3. The van der Waals surface area contributed by atoms with Crippen LogP contribution in [0.15, 0.2) is 96.3 Å². The number of phenols is 3. The van der Waals surface area contributed by atoms with E-state index in [1.165, 1.54) is 12.1 Å².